The molecule has 6 heteroatoms. The minimum Gasteiger partial charge on any atom is -0.381 e. The maximum absolute atomic E-state index is 13.3. The number of benzene rings is 2. The molecule has 5 nitrogen and oxygen atoms in total. The molecular weight excluding hydrogens is 454 g/mol. The first-order valence-electron chi connectivity index (χ1n) is 12.6. The number of rotatable bonds is 7. The molecular formula is C29H33N3O2S. The van der Waals surface area contributed by atoms with Gasteiger partial charge in [-0.25, -0.2) is 4.98 Å². The predicted molar refractivity (Wildman–Crippen MR) is 140 cm³/mol. The summed E-state index contributed by atoms with van der Waals surface area (Å²) < 4.78 is 5.73. The van der Waals surface area contributed by atoms with Gasteiger partial charge in [0, 0.05) is 36.4 Å². The highest BCUT2D eigenvalue weighted by Gasteiger charge is 2.40. The van der Waals surface area contributed by atoms with Gasteiger partial charge >= 0.3 is 0 Å². The molecule has 0 atom stereocenters. The lowest BCUT2D eigenvalue weighted by Crippen LogP contribution is -2.60. The first kappa shape index (κ1) is 24.0. The Balaban J connectivity index is 1.26. The van der Waals surface area contributed by atoms with Crippen molar-refractivity contribution in [2.75, 3.05) is 32.8 Å². The van der Waals surface area contributed by atoms with E-state index in [1.807, 2.05) is 42.5 Å². The van der Waals surface area contributed by atoms with E-state index in [2.05, 4.69) is 45.5 Å². The van der Waals surface area contributed by atoms with E-state index >= 15 is 0 Å². The first-order valence-corrected chi connectivity index (χ1v) is 13.4. The van der Waals surface area contributed by atoms with Crippen molar-refractivity contribution in [1.29, 1.82) is 0 Å². The zero-order valence-electron chi connectivity index (χ0n) is 20.1. The minimum absolute atomic E-state index is 0.0511. The molecule has 0 radical (unpaired) electrons. The van der Waals surface area contributed by atoms with Crippen LogP contribution in [0.3, 0.4) is 0 Å². The molecule has 0 aliphatic carbocycles. The molecule has 35 heavy (non-hydrogen) atoms. The summed E-state index contributed by atoms with van der Waals surface area (Å²) in [5, 5.41) is 4.02. The summed E-state index contributed by atoms with van der Waals surface area (Å²) in [6, 6.07) is 24.7. The number of amides is 1. The molecule has 2 aliphatic rings. The average molecular weight is 488 g/mol. The Morgan fingerprint density at radius 2 is 1.66 bits per heavy atom. The average Bonchev–Trinajstić information content (AvgIpc) is 2.94. The monoisotopic (exact) mass is 487 g/mol. The SMILES string of the molecule is O=C(NCC1(N2CCC(c3ccccc3)CC2)CCOCC1)c1cccnc1Sc1ccccc1. The van der Waals surface area contributed by atoms with Crippen LogP contribution in [-0.4, -0.2) is 54.2 Å². The van der Waals surface area contributed by atoms with Crippen LogP contribution in [0.5, 0.6) is 0 Å². The second-order valence-electron chi connectivity index (χ2n) is 9.46. The smallest absolute Gasteiger partial charge is 0.254 e. The van der Waals surface area contributed by atoms with Gasteiger partial charge in [-0.15, -0.1) is 0 Å². The van der Waals surface area contributed by atoms with Gasteiger partial charge in [-0.3, -0.25) is 9.69 Å². The van der Waals surface area contributed by atoms with E-state index < -0.39 is 0 Å². The quantitative estimate of drug-likeness (QED) is 0.484. The van der Waals surface area contributed by atoms with Crippen molar-refractivity contribution in [3.8, 4) is 0 Å². The number of hydrogen-bond donors (Lipinski definition) is 1. The summed E-state index contributed by atoms with van der Waals surface area (Å²) in [4.78, 5) is 21.5. The van der Waals surface area contributed by atoms with Crippen molar-refractivity contribution in [3.63, 3.8) is 0 Å². The summed E-state index contributed by atoms with van der Waals surface area (Å²) in [5.41, 5.74) is 2.03. The Morgan fingerprint density at radius 1 is 0.971 bits per heavy atom. The highest BCUT2D eigenvalue weighted by molar-refractivity contribution is 7.99. The van der Waals surface area contributed by atoms with Gasteiger partial charge in [0.15, 0.2) is 0 Å². The molecule has 1 amide bonds. The van der Waals surface area contributed by atoms with Crippen LogP contribution < -0.4 is 5.32 Å². The van der Waals surface area contributed by atoms with Gasteiger partial charge in [-0.2, -0.15) is 0 Å². The Hall–Kier alpha value is -2.67. The van der Waals surface area contributed by atoms with Crippen LogP contribution in [0.2, 0.25) is 0 Å². The lowest BCUT2D eigenvalue weighted by Gasteiger charge is -2.49. The first-order chi connectivity index (χ1) is 17.2. The van der Waals surface area contributed by atoms with Crippen molar-refractivity contribution in [2.45, 2.75) is 47.1 Å². The Labute approximate surface area is 212 Å². The molecule has 2 fully saturated rings. The number of aromatic nitrogens is 1. The van der Waals surface area contributed by atoms with Crippen molar-refractivity contribution in [1.82, 2.24) is 15.2 Å². The summed E-state index contributed by atoms with van der Waals surface area (Å²) in [5.74, 6) is 0.563. The zero-order chi connectivity index (χ0) is 23.9. The van der Waals surface area contributed by atoms with Crippen molar-refractivity contribution in [2.24, 2.45) is 0 Å². The minimum atomic E-state index is -0.0541. The van der Waals surface area contributed by atoms with Crippen LogP contribution in [0.25, 0.3) is 0 Å². The number of likely N-dealkylation sites (tertiary alicyclic amines) is 1. The molecule has 5 rings (SSSR count). The molecule has 0 bridgehead atoms. The number of pyridine rings is 1. The number of carbonyl (C=O) groups excluding carboxylic acids is 1. The predicted octanol–water partition coefficient (Wildman–Crippen LogP) is 5.39. The van der Waals surface area contributed by atoms with E-state index in [0.29, 0.717) is 18.0 Å². The third-order valence-electron chi connectivity index (χ3n) is 7.41. The fourth-order valence-corrected chi connectivity index (χ4v) is 6.25. The van der Waals surface area contributed by atoms with Crippen LogP contribution in [-0.2, 0) is 4.74 Å². The molecule has 2 aliphatic heterocycles. The van der Waals surface area contributed by atoms with Crippen LogP contribution in [0.4, 0.5) is 0 Å². The van der Waals surface area contributed by atoms with Gasteiger partial charge < -0.3 is 10.1 Å². The molecule has 1 aromatic heterocycles. The van der Waals surface area contributed by atoms with E-state index in [-0.39, 0.29) is 11.4 Å². The topological polar surface area (TPSA) is 54.5 Å². The fraction of sp³-hybridized carbons (Fsp3) is 0.379. The number of carbonyl (C=O) groups is 1. The fourth-order valence-electron chi connectivity index (χ4n) is 5.35. The number of nitrogens with one attached hydrogen (secondary N) is 1. The normalized spacial score (nSPS) is 18.7. The largest absolute Gasteiger partial charge is 0.381 e. The third-order valence-corrected chi connectivity index (χ3v) is 8.44. The zero-order valence-corrected chi connectivity index (χ0v) is 20.9. The second-order valence-corrected chi connectivity index (χ2v) is 10.5. The van der Waals surface area contributed by atoms with E-state index in [9.17, 15) is 4.79 Å². The number of piperidine rings is 1. The standard InChI is InChI=1S/C29H33N3O2S/c33-27(26-12-7-17-30-28(26)35-25-10-5-2-6-11-25)31-22-29(15-20-34-21-16-29)32-18-13-24(14-19-32)23-8-3-1-4-9-23/h1-12,17,24H,13-16,18-22H2,(H,31,33). The maximum Gasteiger partial charge on any atom is 0.254 e. The van der Waals surface area contributed by atoms with Crippen LogP contribution in [0.15, 0.2) is 88.9 Å². The third kappa shape index (κ3) is 5.77. The van der Waals surface area contributed by atoms with Gasteiger partial charge in [0.1, 0.15) is 5.03 Å². The van der Waals surface area contributed by atoms with Gasteiger partial charge in [0.2, 0.25) is 0 Å². The highest BCUT2D eigenvalue weighted by Crippen LogP contribution is 2.35. The number of hydrogen-bond acceptors (Lipinski definition) is 5. The van der Waals surface area contributed by atoms with Gasteiger partial charge in [0.25, 0.3) is 5.91 Å². The van der Waals surface area contributed by atoms with Gasteiger partial charge in [-0.1, -0.05) is 60.3 Å². The maximum atomic E-state index is 13.3. The number of nitrogens with zero attached hydrogens (tertiary/aromatic N) is 2. The van der Waals surface area contributed by atoms with E-state index in [4.69, 9.17) is 4.74 Å². The van der Waals surface area contributed by atoms with Gasteiger partial charge in [0.05, 0.1) is 5.56 Å². The van der Waals surface area contributed by atoms with E-state index in [0.717, 1.165) is 61.9 Å². The van der Waals surface area contributed by atoms with E-state index in [1.54, 1.807) is 6.20 Å². The van der Waals surface area contributed by atoms with Crippen LogP contribution >= 0.6 is 11.8 Å². The number of ether oxygens (including phenoxy) is 1. The van der Waals surface area contributed by atoms with Crippen molar-refractivity contribution < 1.29 is 9.53 Å². The van der Waals surface area contributed by atoms with Crippen molar-refractivity contribution >= 4 is 17.7 Å². The molecule has 0 saturated carbocycles. The highest BCUT2D eigenvalue weighted by atomic mass is 32.2. The molecule has 2 aromatic carbocycles. The Kier molecular flexibility index (Phi) is 7.82. The summed E-state index contributed by atoms with van der Waals surface area (Å²) >= 11 is 1.53. The van der Waals surface area contributed by atoms with E-state index in [1.165, 1.54) is 17.3 Å². The summed E-state index contributed by atoms with van der Waals surface area (Å²) in [6.07, 6.45) is 5.95. The second kappa shape index (κ2) is 11.4. The molecule has 0 unspecified atom stereocenters. The Morgan fingerprint density at radius 3 is 2.37 bits per heavy atom. The lowest BCUT2D eigenvalue weighted by molar-refractivity contribution is -0.0369. The lowest BCUT2D eigenvalue weighted by atomic mass is 9.82. The Bertz CT molecular complexity index is 1100. The molecule has 0 spiro atoms. The molecule has 182 valence electrons. The van der Waals surface area contributed by atoms with Crippen LogP contribution in [0, 0.1) is 0 Å². The van der Waals surface area contributed by atoms with Crippen LogP contribution in [0.1, 0.15) is 47.5 Å². The molecule has 2 saturated heterocycles. The van der Waals surface area contributed by atoms with Gasteiger partial charge in [-0.05, 0) is 74.5 Å². The molecule has 3 aromatic rings. The summed E-state index contributed by atoms with van der Waals surface area (Å²) in [6.45, 7) is 4.23. The summed E-state index contributed by atoms with van der Waals surface area (Å²) in [7, 11) is 0. The molecule has 3 heterocycles. The molecule has 1 N–H and O–H groups in total. The van der Waals surface area contributed by atoms with Crippen molar-refractivity contribution in [3.05, 3.63) is 90.1 Å².